The molecular formula is C8H6ClNO. The molecule has 1 aromatic rings. The Balaban J connectivity index is 2.81. The fourth-order valence-electron chi connectivity index (χ4n) is 0.636. The molecule has 0 aliphatic heterocycles. The van der Waals surface area contributed by atoms with Crippen molar-refractivity contribution in [3.63, 3.8) is 0 Å². The summed E-state index contributed by atoms with van der Waals surface area (Å²) in [6, 6.07) is 3.46. The predicted octanol–water partition coefficient (Wildman–Crippen LogP) is 1.95. The SMILES string of the molecule is O=C/C=C/c1ccc(Cl)nc1. The van der Waals surface area contributed by atoms with Gasteiger partial charge in [0.2, 0.25) is 0 Å². The van der Waals surface area contributed by atoms with Gasteiger partial charge >= 0.3 is 0 Å². The van der Waals surface area contributed by atoms with Crippen molar-refractivity contribution in [1.82, 2.24) is 4.98 Å². The van der Waals surface area contributed by atoms with Crippen molar-refractivity contribution in [2.75, 3.05) is 0 Å². The van der Waals surface area contributed by atoms with Gasteiger partial charge in [-0.2, -0.15) is 0 Å². The van der Waals surface area contributed by atoms with E-state index in [0.29, 0.717) is 11.4 Å². The lowest BCUT2D eigenvalue weighted by molar-refractivity contribution is -0.104. The topological polar surface area (TPSA) is 30.0 Å². The Labute approximate surface area is 69.5 Å². The normalized spacial score (nSPS) is 10.3. The van der Waals surface area contributed by atoms with Crippen molar-refractivity contribution in [2.24, 2.45) is 0 Å². The molecule has 11 heavy (non-hydrogen) atoms. The average molecular weight is 168 g/mol. The van der Waals surface area contributed by atoms with Gasteiger partial charge in [-0.15, -0.1) is 0 Å². The number of pyridine rings is 1. The second kappa shape index (κ2) is 3.88. The minimum Gasteiger partial charge on any atom is -0.299 e. The summed E-state index contributed by atoms with van der Waals surface area (Å²) in [5.41, 5.74) is 0.863. The van der Waals surface area contributed by atoms with Gasteiger partial charge in [0.25, 0.3) is 0 Å². The van der Waals surface area contributed by atoms with Crippen LogP contribution in [0.4, 0.5) is 0 Å². The third kappa shape index (κ3) is 2.51. The Morgan fingerprint density at radius 1 is 1.45 bits per heavy atom. The Kier molecular flexibility index (Phi) is 2.81. The third-order valence-corrected chi connectivity index (χ3v) is 1.34. The molecule has 0 fully saturated rings. The number of carbonyl (C=O) groups is 1. The lowest BCUT2D eigenvalue weighted by Crippen LogP contribution is -1.75. The van der Waals surface area contributed by atoms with Crippen LogP contribution in [0.2, 0.25) is 5.15 Å². The number of aromatic nitrogens is 1. The number of hydrogen-bond donors (Lipinski definition) is 0. The first-order valence-corrected chi connectivity index (χ1v) is 3.44. The van der Waals surface area contributed by atoms with Crippen molar-refractivity contribution < 1.29 is 4.79 Å². The summed E-state index contributed by atoms with van der Waals surface area (Å²) in [7, 11) is 0. The van der Waals surface area contributed by atoms with E-state index >= 15 is 0 Å². The molecule has 1 rings (SSSR count). The molecule has 0 saturated carbocycles. The zero-order valence-corrected chi connectivity index (χ0v) is 6.45. The highest BCUT2D eigenvalue weighted by Gasteiger charge is 1.87. The van der Waals surface area contributed by atoms with Gasteiger partial charge in [0.1, 0.15) is 11.4 Å². The highest BCUT2D eigenvalue weighted by atomic mass is 35.5. The van der Waals surface area contributed by atoms with E-state index in [1.54, 1.807) is 24.4 Å². The molecule has 0 aliphatic carbocycles. The Morgan fingerprint density at radius 2 is 2.27 bits per heavy atom. The van der Waals surface area contributed by atoms with Crippen molar-refractivity contribution in [3.8, 4) is 0 Å². The molecule has 0 unspecified atom stereocenters. The van der Waals surface area contributed by atoms with E-state index in [9.17, 15) is 4.79 Å². The van der Waals surface area contributed by atoms with Gasteiger partial charge in [-0.1, -0.05) is 23.7 Å². The van der Waals surface area contributed by atoms with E-state index in [1.165, 1.54) is 6.08 Å². The van der Waals surface area contributed by atoms with Gasteiger partial charge < -0.3 is 0 Å². The molecule has 0 atom stereocenters. The molecule has 0 spiro atoms. The van der Waals surface area contributed by atoms with Crippen LogP contribution in [0.15, 0.2) is 24.4 Å². The molecule has 3 heteroatoms. The summed E-state index contributed by atoms with van der Waals surface area (Å²) in [4.78, 5) is 13.7. The Hall–Kier alpha value is -1.15. The molecule has 0 saturated heterocycles. The van der Waals surface area contributed by atoms with Crippen LogP contribution >= 0.6 is 11.6 Å². The van der Waals surface area contributed by atoms with Gasteiger partial charge in [0.15, 0.2) is 0 Å². The maximum atomic E-state index is 9.91. The minimum absolute atomic E-state index is 0.452. The number of allylic oxidation sites excluding steroid dienone is 1. The summed E-state index contributed by atoms with van der Waals surface area (Å²) < 4.78 is 0. The summed E-state index contributed by atoms with van der Waals surface area (Å²) in [5.74, 6) is 0. The molecule has 0 aromatic carbocycles. The van der Waals surface area contributed by atoms with Gasteiger partial charge in [-0.05, 0) is 17.7 Å². The Bertz CT molecular complexity index is 266. The number of hydrogen-bond acceptors (Lipinski definition) is 2. The van der Waals surface area contributed by atoms with Crippen LogP contribution < -0.4 is 0 Å². The zero-order valence-electron chi connectivity index (χ0n) is 5.70. The first-order valence-electron chi connectivity index (χ1n) is 3.06. The largest absolute Gasteiger partial charge is 0.299 e. The maximum Gasteiger partial charge on any atom is 0.142 e. The molecule has 0 N–H and O–H groups in total. The smallest absolute Gasteiger partial charge is 0.142 e. The lowest BCUT2D eigenvalue weighted by atomic mass is 10.3. The van der Waals surface area contributed by atoms with E-state index in [2.05, 4.69) is 4.98 Å². The highest BCUT2D eigenvalue weighted by molar-refractivity contribution is 6.29. The summed E-state index contributed by atoms with van der Waals surface area (Å²) in [5, 5.41) is 0.452. The van der Waals surface area contributed by atoms with Gasteiger partial charge in [0.05, 0.1) is 0 Å². The van der Waals surface area contributed by atoms with Crippen LogP contribution in [0.25, 0.3) is 6.08 Å². The third-order valence-electron chi connectivity index (χ3n) is 1.12. The molecular weight excluding hydrogens is 162 g/mol. The molecule has 1 heterocycles. The van der Waals surface area contributed by atoms with Crippen molar-refractivity contribution >= 4 is 24.0 Å². The van der Waals surface area contributed by atoms with Crippen LogP contribution in [0.3, 0.4) is 0 Å². The summed E-state index contributed by atoms with van der Waals surface area (Å²) >= 11 is 5.54. The summed E-state index contributed by atoms with van der Waals surface area (Å²) in [6.07, 6.45) is 5.39. The first kappa shape index (κ1) is 7.95. The fourth-order valence-corrected chi connectivity index (χ4v) is 0.748. The van der Waals surface area contributed by atoms with Crippen LogP contribution in [0, 0.1) is 0 Å². The van der Waals surface area contributed by atoms with Crippen LogP contribution in [-0.4, -0.2) is 11.3 Å². The molecule has 0 amide bonds. The second-order valence-electron chi connectivity index (χ2n) is 1.91. The zero-order chi connectivity index (χ0) is 8.10. The number of aldehydes is 1. The van der Waals surface area contributed by atoms with Crippen LogP contribution in [0.5, 0.6) is 0 Å². The fraction of sp³-hybridized carbons (Fsp3) is 0. The van der Waals surface area contributed by atoms with E-state index in [-0.39, 0.29) is 0 Å². The Morgan fingerprint density at radius 3 is 2.82 bits per heavy atom. The maximum absolute atomic E-state index is 9.91. The molecule has 1 aromatic heterocycles. The number of rotatable bonds is 2. The second-order valence-corrected chi connectivity index (χ2v) is 2.30. The van der Waals surface area contributed by atoms with Crippen molar-refractivity contribution in [1.29, 1.82) is 0 Å². The van der Waals surface area contributed by atoms with Crippen molar-refractivity contribution in [2.45, 2.75) is 0 Å². The number of nitrogens with zero attached hydrogens (tertiary/aromatic N) is 1. The van der Waals surface area contributed by atoms with Gasteiger partial charge in [-0.25, -0.2) is 4.98 Å². The minimum atomic E-state index is 0.452. The van der Waals surface area contributed by atoms with E-state index in [0.717, 1.165) is 5.56 Å². The number of halogens is 1. The first-order chi connectivity index (χ1) is 5.33. The summed E-state index contributed by atoms with van der Waals surface area (Å²) in [6.45, 7) is 0. The molecule has 0 aliphatic rings. The number of carbonyl (C=O) groups excluding carboxylic acids is 1. The van der Waals surface area contributed by atoms with Gasteiger partial charge in [0, 0.05) is 6.20 Å². The monoisotopic (exact) mass is 167 g/mol. The van der Waals surface area contributed by atoms with Crippen LogP contribution in [-0.2, 0) is 4.79 Å². The average Bonchev–Trinajstić information content (AvgIpc) is 2.04. The van der Waals surface area contributed by atoms with Crippen molar-refractivity contribution in [3.05, 3.63) is 35.1 Å². The molecule has 0 bridgehead atoms. The molecule has 56 valence electrons. The van der Waals surface area contributed by atoms with E-state index < -0.39 is 0 Å². The highest BCUT2D eigenvalue weighted by Crippen LogP contribution is 2.05. The lowest BCUT2D eigenvalue weighted by Gasteiger charge is -1.89. The standard InChI is InChI=1S/C8H6ClNO/c9-8-4-3-7(6-10-8)2-1-5-11/h1-6H/b2-1+. The molecule has 2 nitrogen and oxygen atoms in total. The molecule has 0 radical (unpaired) electrons. The quantitative estimate of drug-likeness (QED) is 0.383. The van der Waals surface area contributed by atoms with Crippen LogP contribution in [0.1, 0.15) is 5.56 Å². The van der Waals surface area contributed by atoms with E-state index in [4.69, 9.17) is 11.6 Å². The van der Waals surface area contributed by atoms with Gasteiger partial charge in [-0.3, -0.25) is 4.79 Å². The van der Waals surface area contributed by atoms with E-state index in [1.807, 2.05) is 0 Å². The predicted molar refractivity (Wildman–Crippen MR) is 44.3 cm³/mol.